The first-order valence-electron chi connectivity index (χ1n) is 9.62. The van der Waals surface area contributed by atoms with Gasteiger partial charge in [-0.25, -0.2) is 9.78 Å². The van der Waals surface area contributed by atoms with Gasteiger partial charge in [-0.1, -0.05) is 55.9 Å². The molecule has 8 heteroatoms. The molecule has 3 aromatic rings. The first-order valence-corrected chi connectivity index (χ1v) is 10.6. The van der Waals surface area contributed by atoms with Crippen molar-refractivity contribution in [1.29, 1.82) is 0 Å². The average Bonchev–Trinajstić information content (AvgIpc) is 2.72. The largest absolute Gasteiger partial charge is 0.450 e. The Morgan fingerprint density at radius 1 is 1.13 bits per heavy atom. The van der Waals surface area contributed by atoms with E-state index in [9.17, 15) is 14.4 Å². The van der Waals surface area contributed by atoms with Gasteiger partial charge in [-0.3, -0.25) is 19.5 Å². The number of imide groups is 1. The first-order chi connectivity index (χ1) is 14.4. The number of carbonyl (C=O) groups excluding carboxylic acids is 2. The fourth-order valence-electron chi connectivity index (χ4n) is 3.05. The minimum atomic E-state index is -0.794. The molecule has 0 atom stereocenters. The number of thioether (sulfide) groups is 1. The monoisotopic (exact) mass is 425 g/mol. The highest BCUT2D eigenvalue weighted by Crippen LogP contribution is 2.27. The fraction of sp³-hybridized carbons (Fsp3) is 0.273. The Bertz CT molecular complexity index is 1140. The van der Waals surface area contributed by atoms with Gasteiger partial charge >= 0.3 is 6.09 Å². The fourth-order valence-corrected chi connectivity index (χ4v) is 3.85. The zero-order chi connectivity index (χ0) is 21.7. The number of para-hydroxylation sites is 2. The minimum Gasteiger partial charge on any atom is -0.450 e. The van der Waals surface area contributed by atoms with Gasteiger partial charge in [0.15, 0.2) is 5.16 Å². The van der Waals surface area contributed by atoms with Crippen LogP contribution in [0.3, 0.4) is 0 Å². The van der Waals surface area contributed by atoms with Crippen LogP contribution in [0.15, 0.2) is 58.5 Å². The summed E-state index contributed by atoms with van der Waals surface area (Å²) in [6.07, 6.45) is -0.794. The maximum atomic E-state index is 13.4. The zero-order valence-electron chi connectivity index (χ0n) is 17.0. The normalized spacial score (nSPS) is 10.9. The number of alkyl carbamates (subject to hydrolysis) is 1. The second-order valence-electron chi connectivity index (χ2n) is 6.82. The molecule has 0 aliphatic rings. The van der Waals surface area contributed by atoms with Gasteiger partial charge in [-0.05, 0) is 36.6 Å². The molecular weight excluding hydrogens is 402 g/mol. The molecule has 2 amide bonds. The molecule has 3 rings (SSSR count). The summed E-state index contributed by atoms with van der Waals surface area (Å²) in [6, 6.07) is 14.7. The molecule has 0 saturated carbocycles. The van der Waals surface area contributed by atoms with E-state index in [2.05, 4.69) is 24.1 Å². The Labute approximate surface area is 178 Å². The zero-order valence-corrected chi connectivity index (χ0v) is 17.9. The van der Waals surface area contributed by atoms with E-state index in [0.717, 1.165) is 23.0 Å². The van der Waals surface area contributed by atoms with Crippen LogP contribution in [0.5, 0.6) is 0 Å². The van der Waals surface area contributed by atoms with E-state index in [0.29, 0.717) is 16.1 Å². The van der Waals surface area contributed by atoms with Crippen LogP contribution in [0, 0.1) is 0 Å². The van der Waals surface area contributed by atoms with Crippen molar-refractivity contribution in [2.45, 2.75) is 31.8 Å². The Kier molecular flexibility index (Phi) is 6.89. The van der Waals surface area contributed by atoms with E-state index in [1.807, 2.05) is 30.3 Å². The number of nitrogens with one attached hydrogen (secondary N) is 1. The van der Waals surface area contributed by atoms with Crippen molar-refractivity contribution < 1.29 is 14.3 Å². The minimum absolute atomic E-state index is 0.0898. The van der Waals surface area contributed by atoms with Gasteiger partial charge in [-0.15, -0.1) is 0 Å². The third kappa shape index (κ3) is 4.71. The van der Waals surface area contributed by atoms with E-state index in [1.165, 1.54) is 0 Å². The quantitative estimate of drug-likeness (QED) is 0.476. The van der Waals surface area contributed by atoms with Crippen molar-refractivity contribution in [2.75, 3.05) is 12.4 Å². The van der Waals surface area contributed by atoms with E-state index in [4.69, 9.17) is 4.74 Å². The molecule has 7 nitrogen and oxygen atoms in total. The predicted molar refractivity (Wildman–Crippen MR) is 117 cm³/mol. The molecule has 1 aromatic heterocycles. The number of hydrogen-bond donors (Lipinski definition) is 1. The van der Waals surface area contributed by atoms with Gasteiger partial charge in [-0.2, -0.15) is 0 Å². The van der Waals surface area contributed by atoms with Gasteiger partial charge in [0.05, 0.1) is 29.0 Å². The van der Waals surface area contributed by atoms with Gasteiger partial charge in [0.1, 0.15) is 0 Å². The lowest BCUT2D eigenvalue weighted by molar-refractivity contribution is -0.117. The van der Waals surface area contributed by atoms with Gasteiger partial charge < -0.3 is 4.74 Å². The van der Waals surface area contributed by atoms with Crippen molar-refractivity contribution in [3.8, 4) is 5.69 Å². The lowest BCUT2D eigenvalue weighted by Crippen LogP contribution is -2.32. The van der Waals surface area contributed by atoms with Crippen LogP contribution in [-0.2, 0) is 9.53 Å². The van der Waals surface area contributed by atoms with E-state index >= 15 is 0 Å². The molecule has 0 fully saturated rings. The number of aromatic nitrogens is 2. The number of carbonyl (C=O) groups is 2. The number of fused-ring (bicyclic) bond motifs is 1. The molecule has 30 heavy (non-hydrogen) atoms. The molecule has 2 aromatic carbocycles. The van der Waals surface area contributed by atoms with Crippen LogP contribution >= 0.6 is 11.8 Å². The van der Waals surface area contributed by atoms with Crippen molar-refractivity contribution in [3.63, 3.8) is 0 Å². The molecule has 156 valence electrons. The highest BCUT2D eigenvalue weighted by Gasteiger charge is 2.18. The molecule has 0 spiro atoms. The van der Waals surface area contributed by atoms with E-state index < -0.39 is 12.0 Å². The van der Waals surface area contributed by atoms with Gasteiger partial charge in [0.25, 0.3) is 5.56 Å². The van der Waals surface area contributed by atoms with E-state index in [-0.39, 0.29) is 23.8 Å². The second-order valence-corrected chi connectivity index (χ2v) is 7.77. The molecule has 1 heterocycles. The van der Waals surface area contributed by atoms with Crippen molar-refractivity contribution >= 4 is 34.7 Å². The van der Waals surface area contributed by atoms with Crippen LogP contribution in [0.25, 0.3) is 16.6 Å². The lowest BCUT2D eigenvalue weighted by Gasteiger charge is -2.18. The average molecular weight is 426 g/mol. The maximum absolute atomic E-state index is 13.4. The third-order valence-corrected chi connectivity index (χ3v) is 5.33. The molecule has 0 aliphatic carbocycles. The topological polar surface area (TPSA) is 90.3 Å². The molecule has 1 N–H and O–H groups in total. The number of rotatable bonds is 6. The summed E-state index contributed by atoms with van der Waals surface area (Å²) < 4.78 is 6.27. The van der Waals surface area contributed by atoms with Gasteiger partial charge in [0.2, 0.25) is 5.91 Å². The number of hydrogen-bond acceptors (Lipinski definition) is 6. The highest BCUT2D eigenvalue weighted by molar-refractivity contribution is 7.99. The van der Waals surface area contributed by atoms with Crippen LogP contribution in [0.4, 0.5) is 4.79 Å². The summed E-state index contributed by atoms with van der Waals surface area (Å²) in [5.74, 6) is -0.429. The Balaban J connectivity index is 2.06. The molecule has 0 radical (unpaired) electrons. The van der Waals surface area contributed by atoms with Crippen molar-refractivity contribution in [3.05, 3.63) is 64.4 Å². The van der Waals surface area contributed by atoms with Crippen LogP contribution < -0.4 is 10.9 Å². The van der Waals surface area contributed by atoms with Crippen LogP contribution in [-0.4, -0.2) is 33.9 Å². The van der Waals surface area contributed by atoms with Crippen molar-refractivity contribution in [2.24, 2.45) is 0 Å². The number of ether oxygens (including phenoxy) is 1. The lowest BCUT2D eigenvalue weighted by atomic mass is 10.0. The maximum Gasteiger partial charge on any atom is 0.413 e. The molecule has 0 bridgehead atoms. The van der Waals surface area contributed by atoms with Gasteiger partial charge in [0, 0.05) is 0 Å². The summed E-state index contributed by atoms with van der Waals surface area (Å²) in [7, 11) is 0. The standard InChI is InChI=1S/C22H23N3O4S/c1-4-29-22(28)24-19(26)13-30-21-23-17-11-7-5-10-16(17)20(27)25(21)18-12-8-6-9-15(18)14(2)3/h5-12,14H,4,13H2,1-3H3,(H,24,26,28). The SMILES string of the molecule is CCOC(=O)NC(=O)CSc1nc2ccccc2c(=O)n1-c1ccccc1C(C)C. The second kappa shape index (κ2) is 9.58. The summed E-state index contributed by atoms with van der Waals surface area (Å²) in [5, 5.41) is 3.03. The summed E-state index contributed by atoms with van der Waals surface area (Å²) >= 11 is 1.09. The Morgan fingerprint density at radius 2 is 1.83 bits per heavy atom. The van der Waals surface area contributed by atoms with Crippen molar-refractivity contribution in [1.82, 2.24) is 14.9 Å². The Hall–Kier alpha value is -3.13. The third-order valence-electron chi connectivity index (χ3n) is 4.39. The molecular formula is C22H23N3O4S. The Morgan fingerprint density at radius 3 is 2.57 bits per heavy atom. The molecule has 0 unspecified atom stereocenters. The molecule has 0 saturated heterocycles. The summed E-state index contributed by atoms with van der Waals surface area (Å²) in [4.78, 5) is 41.6. The molecule has 0 aliphatic heterocycles. The number of amides is 2. The number of nitrogens with zero attached hydrogens (tertiary/aromatic N) is 2. The van der Waals surface area contributed by atoms with E-state index in [1.54, 1.807) is 29.7 Å². The van der Waals surface area contributed by atoms with Crippen LogP contribution in [0.1, 0.15) is 32.3 Å². The predicted octanol–water partition coefficient (Wildman–Crippen LogP) is 3.87. The smallest absolute Gasteiger partial charge is 0.413 e. The highest BCUT2D eigenvalue weighted by atomic mass is 32.2. The first kappa shape index (κ1) is 21.6. The summed E-state index contributed by atoms with van der Waals surface area (Å²) in [5.41, 5.74) is 2.06. The summed E-state index contributed by atoms with van der Waals surface area (Å²) in [6.45, 7) is 5.93. The van der Waals surface area contributed by atoms with Crippen LogP contribution in [0.2, 0.25) is 0 Å². The number of benzene rings is 2.